The minimum atomic E-state index is -4.35. The van der Waals surface area contributed by atoms with E-state index in [4.69, 9.17) is 16.3 Å². The molecule has 0 unspecified atom stereocenters. The molecule has 0 atom stereocenters. The van der Waals surface area contributed by atoms with Gasteiger partial charge in [-0.3, -0.25) is 0 Å². The molecule has 96 valence electrons. The molecule has 0 spiro atoms. The van der Waals surface area contributed by atoms with Crippen LogP contribution in [0.4, 0.5) is 18.9 Å². The normalized spacial score (nSPS) is 11.5. The molecule has 0 fully saturated rings. The summed E-state index contributed by atoms with van der Waals surface area (Å²) in [7, 11) is 0. The molecule has 1 N–H and O–H groups in total. The van der Waals surface area contributed by atoms with E-state index < -0.39 is 11.7 Å². The van der Waals surface area contributed by atoms with Crippen molar-refractivity contribution in [2.75, 3.05) is 31.0 Å². The summed E-state index contributed by atoms with van der Waals surface area (Å²) < 4.78 is 42.8. The summed E-state index contributed by atoms with van der Waals surface area (Å²) in [5.74, 6) is 0.374. The maximum atomic E-state index is 12.6. The molecule has 2 nitrogen and oxygen atoms in total. The second-order valence-electron chi connectivity index (χ2n) is 3.27. The Morgan fingerprint density at radius 3 is 2.53 bits per heavy atom. The van der Waals surface area contributed by atoms with Crippen molar-refractivity contribution in [2.24, 2.45) is 0 Å². The van der Waals surface area contributed by atoms with Gasteiger partial charge in [-0.2, -0.15) is 13.2 Å². The Kier molecular flexibility index (Phi) is 5.58. The molecule has 1 rings (SSSR count). The van der Waals surface area contributed by atoms with E-state index in [1.54, 1.807) is 6.07 Å². The standard InChI is InChI=1S/C11H13ClF3NO/c12-5-7-17-8-6-16-10-4-2-1-3-9(10)11(13,14)15/h1-4,16H,5-8H2. The lowest BCUT2D eigenvalue weighted by Crippen LogP contribution is -2.14. The Morgan fingerprint density at radius 2 is 1.88 bits per heavy atom. The first-order valence-corrected chi connectivity index (χ1v) is 5.63. The third-order valence-electron chi connectivity index (χ3n) is 2.02. The van der Waals surface area contributed by atoms with Crippen molar-refractivity contribution in [3.05, 3.63) is 29.8 Å². The van der Waals surface area contributed by atoms with Gasteiger partial charge in [0.1, 0.15) is 0 Å². The van der Waals surface area contributed by atoms with Gasteiger partial charge >= 0.3 is 6.18 Å². The molecule has 0 saturated carbocycles. The van der Waals surface area contributed by atoms with Gasteiger partial charge in [0.25, 0.3) is 0 Å². The third kappa shape index (κ3) is 4.83. The number of para-hydroxylation sites is 1. The van der Waals surface area contributed by atoms with Gasteiger partial charge in [0.05, 0.1) is 18.8 Å². The maximum absolute atomic E-state index is 12.6. The SMILES string of the molecule is FC(F)(F)c1ccccc1NCCOCCCl. The summed E-state index contributed by atoms with van der Waals surface area (Å²) in [6.45, 7) is 1.02. The Bertz CT molecular complexity index is 344. The first kappa shape index (κ1) is 14.1. The second-order valence-corrected chi connectivity index (χ2v) is 3.65. The Hall–Kier alpha value is -0.940. The average Bonchev–Trinajstić information content (AvgIpc) is 2.28. The monoisotopic (exact) mass is 267 g/mol. The number of ether oxygens (including phenoxy) is 1. The summed E-state index contributed by atoms with van der Waals surface area (Å²) in [6, 6.07) is 5.35. The highest BCUT2D eigenvalue weighted by Gasteiger charge is 2.32. The molecule has 0 radical (unpaired) electrons. The van der Waals surface area contributed by atoms with Gasteiger partial charge in [0.15, 0.2) is 0 Å². The predicted octanol–water partition coefficient (Wildman–Crippen LogP) is 3.37. The molecule has 0 aromatic heterocycles. The number of benzene rings is 1. The number of nitrogens with one attached hydrogen (secondary N) is 1. The predicted molar refractivity (Wildman–Crippen MR) is 61.5 cm³/mol. The summed E-state index contributed by atoms with van der Waals surface area (Å²) in [5, 5.41) is 2.69. The number of hydrogen-bond donors (Lipinski definition) is 1. The maximum Gasteiger partial charge on any atom is 0.418 e. The Morgan fingerprint density at radius 1 is 1.18 bits per heavy atom. The molecule has 0 aliphatic heterocycles. The van der Waals surface area contributed by atoms with E-state index in [0.29, 0.717) is 25.6 Å². The molecule has 1 aromatic carbocycles. The highest BCUT2D eigenvalue weighted by Crippen LogP contribution is 2.34. The van der Waals surface area contributed by atoms with Gasteiger partial charge in [-0.25, -0.2) is 0 Å². The van der Waals surface area contributed by atoms with Gasteiger partial charge < -0.3 is 10.1 Å². The summed E-state index contributed by atoms with van der Waals surface area (Å²) in [6.07, 6.45) is -4.35. The molecule has 0 saturated heterocycles. The summed E-state index contributed by atoms with van der Waals surface area (Å²) in [5.41, 5.74) is -0.605. The zero-order chi connectivity index (χ0) is 12.7. The van der Waals surface area contributed by atoms with E-state index in [0.717, 1.165) is 6.07 Å². The first-order valence-electron chi connectivity index (χ1n) is 5.09. The van der Waals surface area contributed by atoms with Crippen LogP contribution in [-0.4, -0.2) is 25.6 Å². The number of anilines is 1. The van der Waals surface area contributed by atoms with Crippen LogP contribution in [0.1, 0.15) is 5.56 Å². The molecular weight excluding hydrogens is 255 g/mol. The zero-order valence-corrected chi connectivity index (χ0v) is 9.81. The van der Waals surface area contributed by atoms with Gasteiger partial charge in [-0.1, -0.05) is 12.1 Å². The van der Waals surface area contributed by atoms with Crippen molar-refractivity contribution in [1.29, 1.82) is 0 Å². The number of halogens is 4. The van der Waals surface area contributed by atoms with E-state index >= 15 is 0 Å². The van der Waals surface area contributed by atoms with Gasteiger partial charge in [0.2, 0.25) is 0 Å². The lowest BCUT2D eigenvalue weighted by molar-refractivity contribution is -0.137. The van der Waals surface area contributed by atoms with Crippen LogP contribution in [-0.2, 0) is 10.9 Å². The Labute approximate surface area is 103 Å². The van der Waals surface area contributed by atoms with Crippen molar-refractivity contribution in [3.8, 4) is 0 Å². The molecule has 0 amide bonds. The smallest absolute Gasteiger partial charge is 0.382 e. The highest BCUT2D eigenvalue weighted by molar-refractivity contribution is 6.17. The van der Waals surface area contributed by atoms with Gasteiger partial charge in [0, 0.05) is 18.1 Å². The fraction of sp³-hybridized carbons (Fsp3) is 0.455. The number of rotatable bonds is 6. The van der Waals surface area contributed by atoms with Crippen molar-refractivity contribution in [2.45, 2.75) is 6.18 Å². The Balaban J connectivity index is 2.53. The van der Waals surface area contributed by atoms with Crippen LogP contribution < -0.4 is 5.32 Å². The van der Waals surface area contributed by atoms with Crippen LogP contribution in [0.25, 0.3) is 0 Å². The van der Waals surface area contributed by atoms with E-state index in [1.807, 2.05) is 0 Å². The van der Waals surface area contributed by atoms with E-state index in [1.165, 1.54) is 12.1 Å². The summed E-state index contributed by atoms with van der Waals surface area (Å²) in [4.78, 5) is 0. The number of alkyl halides is 4. The van der Waals surface area contributed by atoms with Crippen molar-refractivity contribution in [3.63, 3.8) is 0 Å². The average molecular weight is 268 g/mol. The largest absolute Gasteiger partial charge is 0.418 e. The fourth-order valence-electron chi connectivity index (χ4n) is 1.30. The van der Waals surface area contributed by atoms with E-state index in [2.05, 4.69) is 5.32 Å². The topological polar surface area (TPSA) is 21.3 Å². The van der Waals surface area contributed by atoms with Crippen LogP contribution in [0, 0.1) is 0 Å². The van der Waals surface area contributed by atoms with Crippen LogP contribution in [0.15, 0.2) is 24.3 Å². The van der Waals surface area contributed by atoms with Crippen LogP contribution in [0.2, 0.25) is 0 Å². The van der Waals surface area contributed by atoms with E-state index in [-0.39, 0.29) is 5.69 Å². The van der Waals surface area contributed by atoms with Crippen molar-refractivity contribution < 1.29 is 17.9 Å². The van der Waals surface area contributed by atoms with Crippen LogP contribution in [0.5, 0.6) is 0 Å². The van der Waals surface area contributed by atoms with Gasteiger partial charge in [-0.05, 0) is 12.1 Å². The molecule has 0 aliphatic carbocycles. The molecule has 0 bridgehead atoms. The second kappa shape index (κ2) is 6.71. The van der Waals surface area contributed by atoms with Crippen LogP contribution >= 0.6 is 11.6 Å². The lowest BCUT2D eigenvalue weighted by atomic mass is 10.1. The summed E-state index contributed by atoms with van der Waals surface area (Å²) >= 11 is 5.39. The molecule has 0 aliphatic rings. The minimum absolute atomic E-state index is 0.0643. The zero-order valence-electron chi connectivity index (χ0n) is 9.06. The van der Waals surface area contributed by atoms with Crippen molar-refractivity contribution >= 4 is 17.3 Å². The minimum Gasteiger partial charge on any atom is -0.382 e. The van der Waals surface area contributed by atoms with Crippen molar-refractivity contribution in [1.82, 2.24) is 0 Å². The van der Waals surface area contributed by atoms with Crippen LogP contribution in [0.3, 0.4) is 0 Å². The fourth-order valence-corrected chi connectivity index (χ4v) is 1.41. The number of hydrogen-bond acceptors (Lipinski definition) is 2. The van der Waals surface area contributed by atoms with Gasteiger partial charge in [-0.15, -0.1) is 11.6 Å². The highest BCUT2D eigenvalue weighted by atomic mass is 35.5. The molecule has 1 aromatic rings. The molecular formula is C11H13ClF3NO. The molecule has 6 heteroatoms. The third-order valence-corrected chi connectivity index (χ3v) is 2.17. The molecule has 0 heterocycles. The van der Waals surface area contributed by atoms with E-state index in [9.17, 15) is 13.2 Å². The quantitative estimate of drug-likeness (QED) is 0.630. The lowest BCUT2D eigenvalue weighted by Gasteiger charge is -2.14. The first-order chi connectivity index (χ1) is 8.05. The molecule has 17 heavy (non-hydrogen) atoms.